The van der Waals surface area contributed by atoms with Crippen molar-refractivity contribution in [3.8, 4) is 5.75 Å². The largest absolute Gasteiger partial charge is 0.496 e. The molecule has 4 nitrogen and oxygen atoms in total. The Labute approximate surface area is 99.5 Å². The number of rotatable bonds is 3. The SMILES string of the molecule is COc1cc2cccnc2cc1[C@@H](O)[C@H](C)O. The monoisotopic (exact) mass is 233 g/mol. The molecular formula is C13H15NO3. The molecule has 0 amide bonds. The predicted molar refractivity (Wildman–Crippen MR) is 64.9 cm³/mol. The molecule has 2 atom stereocenters. The predicted octanol–water partition coefficient (Wildman–Crippen LogP) is 1.66. The maximum atomic E-state index is 9.91. The van der Waals surface area contributed by atoms with Crippen molar-refractivity contribution in [1.82, 2.24) is 4.98 Å². The van der Waals surface area contributed by atoms with Crippen LogP contribution < -0.4 is 4.74 Å². The second-order valence-electron chi connectivity index (χ2n) is 3.98. The molecule has 2 rings (SSSR count). The molecule has 2 N–H and O–H groups in total. The highest BCUT2D eigenvalue weighted by atomic mass is 16.5. The maximum absolute atomic E-state index is 9.91. The van der Waals surface area contributed by atoms with Crippen molar-refractivity contribution in [2.75, 3.05) is 7.11 Å². The molecule has 17 heavy (non-hydrogen) atoms. The Kier molecular flexibility index (Phi) is 3.26. The summed E-state index contributed by atoms with van der Waals surface area (Å²) >= 11 is 0. The molecule has 0 fully saturated rings. The third kappa shape index (κ3) is 2.23. The summed E-state index contributed by atoms with van der Waals surface area (Å²) in [5.74, 6) is 0.555. The number of aliphatic hydroxyl groups is 2. The van der Waals surface area contributed by atoms with Crippen molar-refractivity contribution in [2.24, 2.45) is 0 Å². The van der Waals surface area contributed by atoms with Crippen molar-refractivity contribution in [3.63, 3.8) is 0 Å². The summed E-state index contributed by atoms with van der Waals surface area (Å²) in [5, 5.41) is 20.3. The number of methoxy groups -OCH3 is 1. The van der Waals surface area contributed by atoms with Crippen LogP contribution in [0.2, 0.25) is 0 Å². The third-order valence-electron chi connectivity index (χ3n) is 2.73. The fourth-order valence-corrected chi connectivity index (χ4v) is 1.78. The van der Waals surface area contributed by atoms with Gasteiger partial charge in [-0.25, -0.2) is 0 Å². The lowest BCUT2D eigenvalue weighted by atomic mass is 10.0. The molecular weight excluding hydrogens is 218 g/mol. The number of aliphatic hydroxyl groups excluding tert-OH is 2. The van der Waals surface area contributed by atoms with Gasteiger partial charge in [-0.1, -0.05) is 6.07 Å². The van der Waals surface area contributed by atoms with Gasteiger partial charge in [-0.15, -0.1) is 0 Å². The minimum atomic E-state index is -0.976. The van der Waals surface area contributed by atoms with Gasteiger partial charge in [-0.3, -0.25) is 4.98 Å². The van der Waals surface area contributed by atoms with E-state index < -0.39 is 12.2 Å². The Morgan fingerprint density at radius 2 is 2.06 bits per heavy atom. The number of hydrogen-bond acceptors (Lipinski definition) is 4. The summed E-state index contributed by atoms with van der Waals surface area (Å²) < 4.78 is 5.23. The van der Waals surface area contributed by atoms with Crippen LogP contribution >= 0.6 is 0 Å². The summed E-state index contributed by atoms with van der Waals surface area (Å²) in [7, 11) is 1.54. The van der Waals surface area contributed by atoms with Gasteiger partial charge in [0, 0.05) is 17.1 Å². The van der Waals surface area contributed by atoms with Crippen LogP contribution in [0.3, 0.4) is 0 Å². The molecule has 1 aromatic heterocycles. The molecule has 0 bridgehead atoms. The normalized spacial score (nSPS) is 14.6. The van der Waals surface area contributed by atoms with Gasteiger partial charge < -0.3 is 14.9 Å². The molecule has 4 heteroatoms. The van der Waals surface area contributed by atoms with Gasteiger partial charge in [0.25, 0.3) is 0 Å². The van der Waals surface area contributed by atoms with Crippen LogP contribution in [0, 0.1) is 0 Å². The number of aromatic nitrogens is 1. The molecule has 0 aliphatic carbocycles. The molecule has 0 unspecified atom stereocenters. The first-order valence-corrected chi connectivity index (χ1v) is 5.42. The zero-order valence-corrected chi connectivity index (χ0v) is 9.79. The number of nitrogens with zero attached hydrogens (tertiary/aromatic N) is 1. The Hall–Kier alpha value is -1.65. The van der Waals surface area contributed by atoms with Crippen molar-refractivity contribution >= 4 is 10.9 Å². The lowest BCUT2D eigenvalue weighted by Crippen LogP contribution is -2.14. The van der Waals surface area contributed by atoms with Gasteiger partial charge in [0.2, 0.25) is 0 Å². The van der Waals surface area contributed by atoms with Crippen LogP contribution in [0.15, 0.2) is 30.5 Å². The first-order chi connectivity index (χ1) is 8.13. The standard InChI is InChI=1S/C13H15NO3/c1-8(15)13(16)10-7-11-9(4-3-5-14-11)6-12(10)17-2/h3-8,13,15-16H,1-2H3/t8-,13-/m0/s1. The van der Waals surface area contributed by atoms with E-state index in [4.69, 9.17) is 4.74 Å². The van der Waals surface area contributed by atoms with E-state index in [0.29, 0.717) is 11.3 Å². The lowest BCUT2D eigenvalue weighted by molar-refractivity contribution is 0.0291. The Balaban J connectivity index is 2.60. The summed E-state index contributed by atoms with van der Waals surface area (Å²) in [6.45, 7) is 1.53. The minimum absolute atomic E-state index is 0.550. The van der Waals surface area contributed by atoms with E-state index in [1.54, 1.807) is 12.3 Å². The Morgan fingerprint density at radius 1 is 1.29 bits per heavy atom. The van der Waals surface area contributed by atoms with Crippen LogP contribution in [0.4, 0.5) is 0 Å². The zero-order valence-electron chi connectivity index (χ0n) is 9.79. The van der Waals surface area contributed by atoms with Gasteiger partial charge >= 0.3 is 0 Å². The highest BCUT2D eigenvalue weighted by Crippen LogP contribution is 2.31. The van der Waals surface area contributed by atoms with Crippen LogP contribution in [0.1, 0.15) is 18.6 Å². The van der Waals surface area contributed by atoms with Gasteiger partial charge in [0.1, 0.15) is 11.9 Å². The van der Waals surface area contributed by atoms with Gasteiger partial charge in [-0.2, -0.15) is 0 Å². The second kappa shape index (κ2) is 4.69. The first kappa shape index (κ1) is 11.8. The van der Waals surface area contributed by atoms with Crippen LogP contribution in [0.5, 0.6) is 5.75 Å². The Morgan fingerprint density at radius 3 is 2.71 bits per heavy atom. The van der Waals surface area contributed by atoms with E-state index in [9.17, 15) is 10.2 Å². The van der Waals surface area contributed by atoms with E-state index in [2.05, 4.69) is 4.98 Å². The molecule has 2 aromatic rings. The number of ether oxygens (including phenoxy) is 1. The molecule has 0 saturated carbocycles. The number of pyridine rings is 1. The van der Waals surface area contributed by atoms with Crippen molar-refractivity contribution in [3.05, 3.63) is 36.0 Å². The summed E-state index contributed by atoms with van der Waals surface area (Å²) in [5.41, 5.74) is 1.32. The summed E-state index contributed by atoms with van der Waals surface area (Å²) in [6.07, 6.45) is -0.144. The van der Waals surface area contributed by atoms with Crippen molar-refractivity contribution in [1.29, 1.82) is 0 Å². The molecule has 0 spiro atoms. The van der Waals surface area contributed by atoms with Gasteiger partial charge in [-0.05, 0) is 25.1 Å². The lowest BCUT2D eigenvalue weighted by Gasteiger charge is -2.17. The number of hydrogen-bond donors (Lipinski definition) is 2. The molecule has 1 aromatic carbocycles. The minimum Gasteiger partial charge on any atom is -0.496 e. The molecule has 0 saturated heterocycles. The quantitative estimate of drug-likeness (QED) is 0.846. The maximum Gasteiger partial charge on any atom is 0.125 e. The van der Waals surface area contributed by atoms with E-state index in [-0.39, 0.29) is 0 Å². The fraction of sp³-hybridized carbons (Fsp3) is 0.308. The summed E-state index contributed by atoms with van der Waals surface area (Å²) in [4.78, 5) is 4.21. The van der Waals surface area contributed by atoms with E-state index >= 15 is 0 Å². The molecule has 0 aliphatic rings. The summed E-state index contributed by atoms with van der Waals surface area (Å²) in [6, 6.07) is 7.31. The smallest absolute Gasteiger partial charge is 0.125 e. The first-order valence-electron chi connectivity index (χ1n) is 5.42. The topological polar surface area (TPSA) is 62.6 Å². The average molecular weight is 233 g/mol. The fourth-order valence-electron chi connectivity index (χ4n) is 1.78. The van der Waals surface area contributed by atoms with Crippen molar-refractivity contribution < 1.29 is 14.9 Å². The number of benzene rings is 1. The zero-order chi connectivity index (χ0) is 12.4. The van der Waals surface area contributed by atoms with E-state index in [0.717, 1.165) is 10.9 Å². The number of fused-ring (bicyclic) bond motifs is 1. The average Bonchev–Trinajstić information content (AvgIpc) is 2.36. The van der Waals surface area contributed by atoms with Gasteiger partial charge in [0.05, 0.1) is 18.7 Å². The van der Waals surface area contributed by atoms with Crippen LogP contribution in [-0.4, -0.2) is 28.4 Å². The molecule has 1 heterocycles. The van der Waals surface area contributed by atoms with Crippen LogP contribution in [0.25, 0.3) is 10.9 Å². The highest BCUT2D eigenvalue weighted by Gasteiger charge is 2.19. The van der Waals surface area contributed by atoms with Crippen LogP contribution in [-0.2, 0) is 0 Å². The molecule has 90 valence electrons. The third-order valence-corrected chi connectivity index (χ3v) is 2.73. The highest BCUT2D eigenvalue weighted by molar-refractivity contribution is 5.81. The Bertz CT molecular complexity index is 525. The van der Waals surface area contributed by atoms with Crippen molar-refractivity contribution in [2.45, 2.75) is 19.1 Å². The van der Waals surface area contributed by atoms with Gasteiger partial charge in [0.15, 0.2) is 0 Å². The van der Waals surface area contributed by atoms with E-state index in [1.165, 1.54) is 14.0 Å². The second-order valence-corrected chi connectivity index (χ2v) is 3.98. The molecule has 0 radical (unpaired) electrons. The molecule has 0 aliphatic heterocycles. The van der Waals surface area contributed by atoms with E-state index in [1.807, 2.05) is 18.2 Å².